The summed E-state index contributed by atoms with van der Waals surface area (Å²) < 4.78 is 5.78. The number of quaternary nitrogens is 2. The fourth-order valence-corrected chi connectivity index (χ4v) is 3.54. The van der Waals surface area contributed by atoms with Crippen molar-refractivity contribution in [3.05, 3.63) is 29.3 Å². The molecule has 5 heteroatoms. The number of piperazine rings is 1. The van der Waals surface area contributed by atoms with Crippen LogP contribution in [0.25, 0.3) is 0 Å². The van der Waals surface area contributed by atoms with Gasteiger partial charge in [0, 0.05) is 0 Å². The van der Waals surface area contributed by atoms with Gasteiger partial charge in [-0.05, 0) is 36.1 Å². The molecule has 1 saturated heterocycles. The predicted molar refractivity (Wildman–Crippen MR) is 95.0 cm³/mol. The van der Waals surface area contributed by atoms with E-state index in [9.17, 15) is 5.11 Å². The van der Waals surface area contributed by atoms with E-state index in [1.807, 2.05) is 6.07 Å². The van der Waals surface area contributed by atoms with Gasteiger partial charge in [0.15, 0.2) is 0 Å². The van der Waals surface area contributed by atoms with Crippen molar-refractivity contribution in [1.29, 1.82) is 0 Å². The first-order valence-electron chi connectivity index (χ1n) is 9.19. The van der Waals surface area contributed by atoms with E-state index in [0.29, 0.717) is 12.5 Å². The Bertz CT molecular complexity index is 499. The molecule has 1 fully saturated rings. The lowest BCUT2D eigenvalue weighted by atomic mass is 9.98. The van der Waals surface area contributed by atoms with Crippen molar-refractivity contribution in [1.82, 2.24) is 0 Å². The standard InChI is InChI=1S/C19H32N2O3/c1-15(2)19-5-4-18(12-16(19)3)24-14-17(23)13-21-8-6-20(7-9-21)10-11-22/h4-5,12,15,17,22-23H,6-11,13-14H2,1-3H3/p+2/t17-/m0/s1. The second-order valence-corrected chi connectivity index (χ2v) is 7.32. The van der Waals surface area contributed by atoms with Gasteiger partial charge in [-0.2, -0.15) is 0 Å². The molecule has 0 radical (unpaired) electrons. The summed E-state index contributed by atoms with van der Waals surface area (Å²) in [6.45, 7) is 12.9. The molecule has 1 aromatic rings. The van der Waals surface area contributed by atoms with Gasteiger partial charge in [0.2, 0.25) is 0 Å². The van der Waals surface area contributed by atoms with Crippen LogP contribution in [0.4, 0.5) is 0 Å². The molecule has 0 saturated carbocycles. The molecule has 24 heavy (non-hydrogen) atoms. The van der Waals surface area contributed by atoms with Crippen LogP contribution in [0, 0.1) is 6.92 Å². The Morgan fingerprint density at radius 1 is 1.12 bits per heavy atom. The SMILES string of the molecule is Cc1cc(OC[C@@H](O)C[NH+]2CC[NH+](CCO)CC2)ccc1C(C)C. The Kier molecular flexibility index (Phi) is 7.49. The molecule has 0 amide bonds. The summed E-state index contributed by atoms with van der Waals surface area (Å²) in [6, 6.07) is 6.18. The number of nitrogens with one attached hydrogen (secondary N) is 2. The van der Waals surface area contributed by atoms with Gasteiger partial charge >= 0.3 is 0 Å². The number of aliphatic hydroxyl groups excluding tert-OH is 2. The Morgan fingerprint density at radius 3 is 2.38 bits per heavy atom. The first kappa shape index (κ1) is 19.2. The number of hydrogen-bond acceptors (Lipinski definition) is 3. The van der Waals surface area contributed by atoms with Gasteiger partial charge in [-0.1, -0.05) is 19.9 Å². The lowest BCUT2D eigenvalue weighted by molar-refractivity contribution is -1.01. The van der Waals surface area contributed by atoms with Crippen molar-refractivity contribution in [2.45, 2.75) is 32.8 Å². The zero-order valence-electron chi connectivity index (χ0n) is 15.3. The molecule has 1 aliphatic rings. The van der Waals surface area contributed by atoms with Gasteiger partial charge in [-0.15, -0.1) is 0 Å². The van der Waals surface area contributed by atoms with Crippen molar-refractivity contribution >= 4 is 0 Å². The minimum absolute atomic E-state index is 0.260. The van der Waals surface area contributed by atoms with E-state index in [-0.39, 0.29) is 6.61 Å². The molecule has 0 bridgehead atoms. The topological polar surface area (TPSA) is 58.6 Å². The second-order valence-electron chi connectivity index (χ2n) is 7.32. The van der Waals surface area contributed by atoms with Crippen LogP contribution >= 0.6 is 0 Å². The Labute approximate surface area is 145 Å². The maximum absolute atomic E-state index is 10.3. The summed E-state index contributed by atoms with van der Waals surface area (Å²) >= 11 is 0. The van der Waals surface area contributed by atoms with E-state index < -0.39 is 6.10 Å². The third-order valence-electron chi connectivity index (χ3n) is 4.96. The van der Waals surface area contributed by atoms with E-state index in [2.05, 4.69) is 32.9 Å². The molecular formula is C19H34N2O3+2. The fraction of sp³-hybridized carbons (Fsp3) is 0.684. The second kappa shape index (κ2) is 9.37. The molecule has 1 heterocycles. The lowest BCUT2D eigenvalue weighted by Gasteiger charge is -2.30. The fourth-order valence-electron chi connectivity index (χ4n) is 3.54. The van der Waals surface area contributed by atoms with Crippen LogP contribution in [0.5, 0.6) is 5.75 Å². The largest absolute Gasteiger partial charge is 0.491 e. The maximum Gasteiger partial charge on any atom is 0.137 e. The highest BCUT2D eigenvalue weighted by molar-refractivity contribution is 5.36. The minimum Gasteiger partial charge on any atom is -0.491 e. The summed E-state index contributed by atoms with van der Waals surface area (Å²) in [6.07, 6.45) is -0.440. The van der Waals surface area contributed by atoms with Crippen molar-refractivity contribution in [2.24, 2.45) is 0 Å². The zero-order valence-corrected chi connectivity index (χ0v) is 15.3. The van der Waals surface area contributed by atoms with Crippen LogP contribution < -0.4 is 14.5 Å². The quantitative estimate of drug-likeness (QED) is 0.473. The van der Waals surface area contributed by atoms with E-state index in [1.54, 1.807) is 0 Å². The molecule has 1 aliphatic heterocycles. The predicted octanol–water partition coefficient (Wildman–Crippen LogP) is -1.37. The van der Waals surface area contributed by atoms with Crippen molar-refractivity contribution < 1.29 is 24.7 Å². The van der Waals surface area contributed by atoms with Gasteiger partial charge in [-0.3, -0.25) is 0 Å². The number of hydrogen-bond donors (Lipinski definition) is 4. The van der Waals surface area contributed by atoms with E-state index in [4.69, 9.17) is 9.84 Å². The summed E-state index contributed by atoms with van der Waals surface area (Å²) in [4.78, 5) is 2.90. The Morgan fingerprint density at radius 2 is 1.79 bits per heavy atom. The smallest absolute Gasteiger partial charge is 0.137 e. The van der Waals surface area contributed by atoms with Crippen molar-refractivity contribution in [3.63, 3.8) is 0 Å². The van der Waals surface area contributed by atoms with Gasteiger partial charge in [0.05, 0.1) is 6.61 Å². The average Bonchev–Trinajstić information content (AvgIpc) is 2.55. The van der Waals surface area contributed by atoms with Crippen LogP contribution in [0.2, 0.25) is 0 Å². The number of rotatable bonds is 8. The first-order valence-corrected chi connectivity index (χ1v) is 9.19. The molecule has 1 atom stereocenters. The molecule has 0 aromatic heterocycles. The van der Waals surface area contributed by atoms with Crippen molar-refractivity contribution in [3.8, 4) is 5.75 Å². The van der Waals surface area contributed by atoms with Crippen LogP contribution in [-0.4, -0.2) is 68.8 Å². The lowest BCUT2D eigenvalue weighted by Crippen LogP contribution is -3.28. The number of aryl methyl sites for hydroxylation is 1. The van der Waals surface area contributed by atoms with Gasteiger partial charge in [0.1, 0.15) is 57.7 Å². The Hall–Kier alpha value is -1.14. The zero-order chi connectivity index (χ0) is 17.5. The first-order chi connectivity index (χ1) is 11.5. The molecule has 2 rings (SSSR count). The van der Waals surface area contributed by atoms with Gasteiger partial charge in [0.25, 0.3) is 0 Å². The Balaban J connectivity index is 1.73. The van der Waals surface area contributed by atoms with Crippen LogP contribution in [0.1, 0.15) is 30.9 Å². The molecule has 0 aliphatic carbocycles. The third-order valence-corrected chi connectivity index (χ3v) is 4.96. The number of aliphatic hydroxyl groups is 2. The van der Waals surface area contributed by atoms with E-state index in [1.165, 1.54) is 20.9 Å². The van der Waals surface area contributed by atoms with E-state index in [0.717, 1.165) is 45.0 Å². The maximum atomic E-state index is 10.3. The van der Waals surface area contributed by atoms with Crippen LogP contribution in [0.15, 0.2) is 18.2 Å². The third kappa shape index (κ3) is 5.74. The summed E-state index contributed by atoms with van der Waals surface area (Å²) in [5, 5.41) is 19.2. The summed E-state index contributed by atoms with van der Waals surface area (Å²) in [5.41, 5.74) is 2.58. The molecule has 0 unspecified atom stereocenters. The highest BCUT2D eigenvalue weighted by Gasteiger charge is 2.24. The summed E-state index contributed by atoms with van der Waals surface area (Å²) in [7, 11) is 0. The average molecular weight is 338 g/mol. The number of ether oxygens (including phenoxy) is 1. The van der Waals surface area contributed by atoms with Crippen LogP contribution in [0.3, 0.4) is 0 Å². The van der Waals surface area contributed by atoms with E-state index >= 15 is 0 Å². The molecule has 5 nitrogen and oxygen atoms in total. The molecular weight excluding hydrogens is 304 g/mol. The number of benzene rings is 1. The molecule has 136 valence electrons. The molecule has 1 aromatic carbocycles. The molecule has 4 N–H and O–H groups in total. The molecule has 0 spiro atoms. The highest BCUT2D eigenvalue weighted by atomic mass is 16.5. The normalized spacial score (nSPS) is 22.6. The van der Waals surface area contributed by atoms with Gasteiger partial charge in [-0.25, -0.2) is 0 Å². The minimum atomic E-state index is -0.440. The van der Waals surface area contributed by atoms with Crippen LogP contribution in [-0.2, 0) is 0 Å². The summed E-state index contributed by atoms with van der Waals surface area (Å²) in [5.74, 6) is 1.35. The monoisotopic (exact) mass is 338 g/mol. The van der Waals surface area contributed by atoms with Crippen molar-refractivity contribution in [2.75, 3.05) is 52.5 Å². The van der Waals surface area contributed by atoms with Gasteiger partial charge < -0.3 is 24.7 Å². The highest BCUT2D eigenvalue weighted by Crippen LogP contribution is 2.23.